The zero-order valence-corrected chi connectivity index (χ0v) is 16.4. The summed E-state index contributed by atoms with van der Waals surface area (Å²) >= 11 is 1.71. The van der Waals surface area contributed by atoms with Gasteiger partial charge in [-0.3, -0.25) is 4.79 Å². The van der Waals surface area contributed by atoms with Crippen molar-refractivity contribution in [1.29, 1.82) is 0 Å². The minimum atomic E-state index is -0.0963. The quantitative estimate of drug-likeness (QED) is 0.872. The van der Waals surface area contributed by atoms with E-state index in [-0.39, 0.29) is 17.2 Å². The first-order chi connectivity index (χ1) is 11.9. The van der Waals surface area contributed by atoms with Crippen LogP contribution in [0.5, 0.6) is 0 Å². The Balaban J connectivity index is 1.88. The summed E-state index contributed by atoms with van der Waals surface area (Å²) in [6, 6.07) is 7.67. The number of carbonyl (C=O) groups is 2. The lowest BCUT2D eigenvalue weighted by atomic mass is 10.1. The zero-order valence-electron chi connectivity index (χ0n) is 15.6. The van der Waals surface area contributed by atoms with Crippen molar-refractivity contribution in [2.75, 3.05) is 37.2 Å². The standard InChI is InChI=1S/C19H29N3O2S/c1-5-25-17(14(2)3)18(23)21-9-11-22(12-10-21)19(24)20-16-8-6-7-15(4)13-16/h6-8,13-14,17H,5,9-12H2,1-4H3,(H,20,24). The number of nitrogens with one attached hydrogen (secondary N) is 1. The number of piperazine rings is 1. The molecular weight excluding hydrogens is 334 g/mol. The molecule has 3 amide bonds. The van der Waals surface area contributed by atoms with E-state index in [1.165, 1.54) is 0 Å². The maximum absolute atomic E-state index is 12.7. The van der Waals surface area contributed by atoms with Crippen molar-refractivity contribution in [2.24, 2.45) is 5.92 Å². The summed E-state index contributed by atoms with van der Waals surface area (Å²) in [6.45, 7) is 10.6. The summed E-state index contributed by atoms with van der Waals surface area (Å²) in [4.78, 5) is 28.8. The van der Waals surface area contributed by atoms with Crippen molar-refractivity contribution in [3.05, 3.63) is 29.8 Å². The molecule has 0 spiro atoms. The van der Waals surface area contributed by atoms with Crippen LogP contribution in [0, 0.1) is 12.8 Å². The van der Waals surface area contributed by atoms with Crippen LogP contribution in [0.25, 0.3) is 0 Å². The summed E-state index contributed by atoms with van der Waals surface area (Å²) < 4.78 is 0. The molecule has 1 aliphatic rings. The number of thioether (sulfide) groups is 1. The number of hydrogen-bond acceptors (Lipinski definition) is 3. The molecule has 0 bridgehead atoms. The van der Waals surface area contributed by atoms with Crippen LogP contribution in [0.3, 0.4) is 0 Å². The number of nitrogens with zero attached hydrogens (tertiary/aromatic N) is 2. The fourth-order valence-electron chi connectivity index (χ4n) is 2.96. The SMILES string of the molecule is CCSC(C(=O)N1CCN(C(=O)Nc2cccc(C)c2)CC1)C(C)C. The van der Waals surface area contributed by atoms with Crippen LogP contribution in [0.1, 0.15) is 26.3 Å². The van der Waals surface area contributed by atoms with Gasteiger partial charge in [0.05, 0.1) is 5.25 Å². The van der Waals surface area contributed by atoms with Gasteiger partial charge in [0.2, 0.25) is 5.91 Å². The Labute approximate surface area is 155 Å². The molecule has 1 aromatic carbocycles. The topological polar surface area (TPSA) is 52.7 Å². The summed E-state index contributed by atoms with van der Waals surface area (Å²) in [7, 11) is 0. The monoisotopic (exact) mass is 363 g/mol. The van der Waals surface area contributed by atoms with E-state index in [0.717, 1.165) is 17.0 Å². The number of rotatable bonds is 5. The molecule has 2 rings (SSSR count). The number of aryl methyl sites for hydroxylation is 1. The van der Waals surface area contributed by atoms with Crippen LogP contribution >= 0.6 is 11.8 Å². The third-order valence-electron chi connectivity index (χ3n) is 4.34. The number of benzene rings is 1. The number of anilines is 1. The molecule has 0 aliphatic carbocycles. The molecule has 1 saturated heterocycles. The van der Waals surface area contributed by atoms with E-state index >= 15 is 0 Å². The summed E-state index contributed by atoms with van der Waals surface area (Å²) in [5.74, 6) is 1.47. The molecule has 1 atom stereocenters. The number of hydrogen-bond donors (Lipinski definition) is 1. The highest BCUT2D eigenvalue weighted by Gasteiger charge is 2.30. The smallest absolute Gasteiger partial charge is 0.321 e. The average Bonchev–Trinajstić information content (AvgIpc) is 2.59. The number of amides is 3. The predicted molar refractivity (Wildman–Crippen MR) is 105 cm³/mol. The lowest BCUT2D eigenvalue weighted by molar-refractivity contribution is -0.132. The second-order valence-electron chi connectivity index (χ2n) is 6.73. The first-order valence-electron chi connectivity index (χ1n) is 8.95. The molecule has 1 heterocycles. The molecule has 0 saturated carbocycles. The van der Waals surface area contributed by atoms with E-state index in [4.69, 9.17) is 0 Å². The Kier molecular flexibility index (Phi) is 7.17. The van der Waals surface area contributed by atoms with Crippen molar-refractivity contribution < 1.29 is 9.59 Å². The average molecular weight is 364 g/mol. The molecule has 138 valence electrons. The van der Waals surface area contributed by atoms with Gasteiger partial charge < -0.3 is 15.1 Å². The van der Waals surface area contributed by atoms with Crippen LogP contribution in [0.4, 0.5) is 10.5 Å². The summed E-state index contributed by atoms with van der Waals surface area (Å²) in [6.07, 6.45) is 0. The van der Waals surface area contributed by atoms with Crippen LogP contribution in [0.2, 0.25) is 0 Å². The molecule has 1 unspecified atom stereocenters. The van der Waals surface area contributed by atoms with Gasteiger partial charge in [-0.1, -0.05) is 32.9 Å². The molecule has 1 fully saturated rings. The Morgan fingerprint density at radius 1 is 1.16 bits per heavy atom. The van der Waals surface area contributed by atoms with Crippen molar-refractivity contribution >= 4 is 29.4 Å². The van der Waals surface area contributed by atoms with Crippen LogP contribution in [0.15, 0.2) is 24.3 Å². The first-order valence-corrected chi connectivity index (χ1v) is 10.00. The predicted octanol–water partition coefficient (Wildman–Crippen LogP) is 3.45. The second-order valence-corrected chi connectivity index (χ2v) is 8.15. The number of urea groups is 1. The first kappa shape index (κ1) is 19.6. The minimum absolute atomic E-state index is 0.0117. The Morgan fingerprint density at radius 3 is 2.36 bits per heavy atom. The Morgan fingerprint density at radius 2 is 1.80 bits per heavy atom. The fraction of sp³-hybridized carbons (Fsp3) is 0.579. The molecule has 5 nitrogen and oxygen atoms in total. The van der Waals surface area contributed by atoms with Gasteiger partial charge in [-0.15, -0.1) is 11.8 Å². The van der Waals surface area contributed by atoms with Gasteiger partial charge in [0, 0.05) is 31.9 Å². The highest BCUT2D eigenvalue weighted by atomic mass is 32.2. The second kappa shape index (κ2) is 9.13. The van der Waals surface area contributed by atoms with E-state index in [0.29, 0.717) is 32.1 Å². The van der Waals surface area contributed by atoms with Gasteiger partial charge in [-0.05, 0) is 36.3 Å². The lowest BCUT2D eigenvalue weighted by Crippen LogP contribution is -2.53. The van der Waals surface area contributed by atoms with Crippen LogP contribution < -0.4 is 5.32 Å². The van der Waals surface area contributed by atoms with Crippen LogP contribution in [-0.2, 0) is 4.79 Å². The van der Waals surface area contributed by atoms with Gasteiger partial charge in [0.1, 0.15) is 0 Å². The van der Waals surface area contributed by atoms with Gasteiger partial charge in [0.15, 0.2) is 0 Å². The Hall–Kier alpha value is -1.69. The van der Waals surface area contributed by atoms with Crippen molar-refractivity contribution in [1.82, 2.24) is 9.80 Å². The summed E-state index contributed by atoms with van der Waals surface area (Å²) in [5.41, 5.74) is 1.92. The van der Waals surface area contributed by atoms with Gasteiger partial charge in [0.25, 0.3) is 0 Å². The molecule has 6 heteroatoms. The Bertz CT molecular complexity index is 598. The molecule has 0 radical (unpaired) electrons. The van der Waals surface area contributed by atoms with E-state index < -0.39 is 0 Å². The van der Waals surface area contributed by atoms with Gasteiger partial charge in [-0.25, -0.2) is 4.79 Å². The minimum Gasteiger partial charge on any atom is -0.338 e. The molecular formula is C19H29N3O2S. The van der Waals surface area contributed by atoms with Crippen LogP contribution in [-0.4, -0.2) is 58.9 Å². The third-order valence-corrected chi connectivity index (χ3v) is 5.78. The van der Waals surface area contributed by atoms with E-state index in [2.05, 4.69) is 26.1 Å². The molecule has 25 heavy (non-hydrogen) atoms. The normalized spacial score (nSPS) is 16.0. The largest absolute Gasteiger partial charge is 0.338 e. The third kappa shape index (κ3) is 5.39. The van der Waals surface area contributed by atoms with E-state index in [9.17, 15) is 9.59 Å². The maximum Gasteiger partial charge on any atom is 0.321 e. The molecule has 1 aliphatic heterocycles. The maximum atomic E-state index is 12.7. The van der Waals surface area contributed by atoms with Crippen molar-refractivity contribution in [3.8, 4) is 0 Å². The van der Waals surface area contributed by atoms with E-state index in [1.807, 2.05) is 36.1 Å². The number of carbonyl (C=O) groups excluding carboxylic acids is 2. The zero-order chi connectivity index (χ0) is 18.4. The highest BCUT2D eigenvalue weighted by molar-refractivity contribution is 8.00. The van der Waals surface area contributed by atoms with Crippen molar-refractivity contribution in [2.45, 2.75) is 32.9 Å². The highest BCUT2D eigenvalue weighted by Crippen LogP contribution is 2.22. The summed E-state index contributed by atoms with van der Waals surface area (Å²) in [5, 5.41) is 2.95. The van der Waals surface area contributed by atoms with Gasteiger partial charge >= 0.3 is 6.03 Å². The molecule has 1 aromatic rings. The van der Waals surface area contributed by atoms with Gasteiger partial charge in [-0.2, -0.15) is 0 Å². The molecule has 1 N–H and O–H groups in total. The fourth-order valence-corrected chi connectivity index (χ4v) is 4.00. The van der Waals surface area contributed by atoms with Crippen molar-refractivity contribution in [3.63, 3.8) is 0 Å². The molecule has 0 aromatic heterocycles. The lowest BCUT2D eigenvalue weighted by Gasteiger charge is -2.37. The van der Waals surface area contributed by atoms with E-state index in [1.54, 1.807) is 16.7 Å².